The Labute approximate surface area is 89.9 Å². The van der Waals surface area contributed by atoms with Gasteiger partial charge in [0.1, 0.15) is 0 Å². The summed E-state index contributed by atoms with van der Waals surface area (Å²) >= 11 is 0. The van der Waals surface area contributed by atoms with Crippen molar-refractivity contribution in [2.24, 2.45) is 0 Å². The maximum atomic E-state index is 9.87. The quantitative estimate of drug-likeness (QED) is 0.762. The molecule has 0 radical (unpaired) electrons. The highest BCUT2D eigenvalue weighted by atomic mass is 16.3. The fraction of sp³-hybridized carbons (Fsp3) is 0.545. The molecule has 1 aliphatic rings. The Morgan fingerprint density at radius 3 is 2.93 bits per heavy atom. The fourth-order valence-corrected chi connectivity index (χ4v) is 1.90. The van der Waals surface area contributed by atoms with Crippen LogP contribution in [0.2, 0.25) is 0 Å². The Morgan fingerprint density at radius 2 is 2.33 bits per heavy atom. The first kappa shape index (κ1) is 10.2. The van der Waals surface area contributed by atoms with E-state index in [1.165, 1.54) is 0 Å². The van der Waals surface area contributed by atoms with Crippen LogP contribution in [0.1, 0.15) is 13.3 Å². The molecule has 0 spiro atoms. The smallest absolute Gasteiger partial charge is 0.0810 e. The summed E-state index contributed by atoms with van der Waals surface area (Å²) in [5, 5.41) is 12.9. The number of pyridine rings is 1. The van der Waals surface area contributed by atoms with Gasteiger partial charge in [-0.2, -0.15) is 0 Å². The number of aromatic nitrogens is 1. The molecule has 4 heteroatoms. The molecule has 1 fully saturated rings. The lowest BCUT2D eigenvalue weighted by atomic mass is 10.1. The van der Waals surface area contributed by atoms with Crippen molar-refractivity contribution in [2.75, 3.05) is 30.4 Å². The average molecular weight is 207 g/mol. The van der Waals surface area contributed by atoms with Crippen LogP contribution < -0.4 is 10.2 Å². The molecule has 0 aromatic carbocycles. The topological polar surface area (TPSA) is 48.4 Å². The van der Waals surface area contributed by atoms with Gasteiger partial charge in [-0.15, -0.1) is 0 Å². The highest BCUT2D eigenvalue weighted by Crippen LogP contribution is 2.27. The van der Waals surface area contributed by atoms with E-state index in [0.717, 1.165) is 24.3 Å². The molecule has 1 saturated heterocycles. The van der Waals surface area contributed by atoms with Crippen molar-refractivity contribution in [2.45, 2.75) is 18.9 Å². The molecule has 0 bridgehead atoms. The second-order valence-corrected chi connectivity index (χ2v) is 4.35. The van der Waals surface area contributed by atoms with Crippen molar-refractivity contribution in [3.63, 3.8) is 0 Å². The Hall–Kier alpha value is -1.29. The third-order valence-electron chi connectivity index (χ3n) is 2.83. The van der Waals surface area contributed by atoms with Crippen LogP contribution in [0.5, 0.6) is 0 Å². The van der Waals surface area contributed by atoms with E-state index in [4.69, 9.17) is 0 Å². The molecule has 4 nitrogen and oxygen atoms in total. The van der Waals surface area contributed by atoms with Crippen LogP contribution in [-0.4, -0.2) is 35.8 Å². The molecular formula is C11H17N3O. The van der Waals surface area contributed by atoms with Crippen molar-refractivity contribution in [3.05, 3.63) is 18.5 Å². The number of β-amino-alcohol motifs (C(OH)–C–C–N with tert-alkyl or cyclic N) is 1. The zero-order chi connectivity index (χ0) is 10.9. The van der Waals surface area contributed by atoms with Crippen LogP contribution in [0, 0.1) is 0 Å². The average Bonchev–Trinajstić information content (AvgIpc) is 2.59. The third kappa shape index (κ3) is 2.21. The molecule has 1 atom stereocenters. The number of rotatable bonds is 2. The zero-order valence-electron chi connectivity index (χ0n) is 9.20. The van der Waals surface area contributed by atoms with Crippen LogP contribution in [-0.2, 0) is 0 Å². The molecule has 1 aromatic rings. The van der Waals surface area contributed by atoms with Gasteiger partial charge >= 0.3 is 0 Å². The summed E-state index contributed by atoms with van der Waals surface area (Å²) in [5.41, 5.74) is 1.51. The van der Waals surface area contributed by atoms with E-state index in [2.05, 4.69) is 21.3 Å². The van der Waals surface area contributed by atoms with Crippen molar-refractivity contribution < 1.29 is 5.11 Å². The van der Waals surface area contributed by atoms with Crippen LogP contribution >= 0.6 is 0 Å². The maximum Gasteiger partial charge on any atom is 0.0810 e. The van der Waals surface area contributed by atoms with Crippen molar-refractivity contribution in [1.29, 1.82) is 0 Å². The molecule has 82 valence electrons. The largest absolute Gasteiger partial charge is 0.388 e. The predicted molar refractivity (Wildman–Crippen MR) is 61.2 cm³/mol. The summed E-state index contributed by atoms with van der Waals surface area (Å²) in [4.78, 5) is 6.32. The number of nitrogens with one attached hydrogen (secondary N) is 1. The molecule has 2 rings (SSSR count). The van der Waals surface area contributed by atoms with Gasteiger partial charge in [0.05, 0.1) is 29.4 Å². The summed E-state index contributed by atoms with van der Waals surface area (Å²) in [7, 11) is 1.88. The molecule has 1 unspecified atom stereocenters. The first-order chi connectivity index (χ1) is 7.11. The molecule has 1 aromatic heterocycles. The Bertz CT molecular complexity index is 351. The second-order valence-electron chi connectivity index (χ2n) is 4.35. The monoisotopic (exact) mass is 207 g/mol. The van der Waals surface area contributed by atoms with Gasteiger partial charge in [0.2, 0.25) is 0 Å². The van der Waals surface area contributed by atoms with Crippen molar-refractivity contribution >= 4 is 11.4 Å². The van der Waals surface area contributed by atoms with E-state index >= 15 is 0 Å². The van der Waals surface area contributed by atoms with Crippen molar-refractivity contribution in [3.8, 4) is 0 Å². The molecule has 0 amide bonds. The van der Waals surface area contributed by atoms with Crippen LogP contribution in [0.15, 0.2) is 18.5 Å². The SMILES string of the molecule is CNc1cncc(N2CCC(C)(O)C2)c1. The summed E-state index contributed by atoms with van der Waals surface area (Å²) < 4.78 is 0. The lowest BCUT2D eigenvalue weighted by Crippen LogP contribution is -2.29. The number of anilines is 2. The number of aliphatic hydroxyl groups is 1. The van der Waals surface area contributed by atoms with Gasteiger partial charge in [-0.3, -0.25) is 4.98 Å². The highest BCUT2D eigenvalue weighted by molar-refractivity contribution is 5.56. The number of hydrogen-bond donors (Lipinski definition) is 2. The van der Waals surface area contributed by atoms with Crippen LogP contribution in [0.3, 0.4) is 0 Å². The summed E-state index contributed by atoms with van der Waals surface area (Å²) in [6.45, 7) is 3.45. The normalized spacial score (nSPS) is 25.7. The zero-order valence-corrected chi connectivity index (χ0v) is 9.20. The van der Waals surface area contributed by atoms with Gasteiger partial charge in [0, 0.05) is 20.1 Å². The Morgan fingerprint density at radius 1 is 1.53 bits per heavy atom. The van der Waals surface area contributed by atoms with E-state index in [9.17, 15) is 5.11 Å². The minimum atomic E-state index is -0.560. The number of hydrogen-bond acceptors (Lipinski definition) is 4. The molecule has 2 N–H and O–H groups in total. The standard InChI is InChI=1S/C11H17N3O/c1-11(15)3-4-14(8-11)10-5-9(12-2)6-13-7-10/h5-7,12,15H,3-4,8H2,1-2H3. The van der Waals surface area contributed by atoms with Gasteiger partial charge in [0.25, 0.3) is 0 Å². The minimum Gasteiger partial charge on any atom is -0.388 e. The van der Waals surface area contributed by atoms with Gasteiger partial charge in [0.15, 0.2) is 0 Å². The van der Waals surface area contributed by atoms with Gasteiger partial charge in [-0.25, -0.2) is 0 Å². The summed E-state index contributed by atoms with van der Waals surface area (Å²) in [5.74, 6) is 0. The first-order valence-corrected chi connectivity index (χ1v) is 5.21. The second kappa shape index (κ2) is 3.70. The van der Waals surface area contributed by atoms with Gasteiger partial charge in [-0.1, -0.05) is 0 Å². The summed E-state index contributed by atoms with van der Waals surface area (Å²) in [6, 6.07) is 2.05. The third-order valence-corrected chi connectivity index (χ3v) is 2.83. The first-order valence-electron chi connectivity index (χ1n) is 5.21. The molecule has 15 heavy (non-hydrogen) atoms. The Kier molecular flexibility index (Phi) is 2.52. The molecule has 2 heterocycles. The fourth-order valence-electron chi connectivity index (χ4n) is 1.90. The number of nitrogens with zero attached hydrogens (tertiary/aromatic N) is 2. The molecule has 0 saturated carbocycles. The van der Waals surface area contributed by atoms with Gasteiger partial charge < -0.3 is 15.3 Å². The Balaban J connectivity index is 2.16. The van der Waals surface area contributed by atoms with Crippen LogP contribution in [0.4, 0.5) is 11.4 Å². The highest BCUT2D eigenvalue weighted by Gasteiger charge is 2.31. The van der Waals surface area contributed by atoms with E-state index in [-0.39, 0.29) is 0 Å². The molecular weight excluding hydrogens is 190 g/mol. The lowest BCUT2D eigenvalue weighted by molar-refractivity contribution is 0.0839. The van der Waals surface area contributed by atoms with E-state index in [0.29, 0.717) is 6.54 Å². The van der Waals surface area contributed by atoms with E-state index in [1.807, 2.05) is 20.2 Å². The summed E-state index contributed by atoms with van der Waals surface area (Å²) in [6.07, 6.45) is 4.44. The minimum absolute atomic E-state index is 0.560. The predicted octanol–water partition coefficient (Wildman–Crippen LogP) is 1.08. The van der Waals surface area contributed by atoms with Crippen molar-refractivity contribution in [1.82, 2.24) is 4.98 Å². The maximum absolute atomic E-state index is 9.87. The molecule has 0 aliphatic carbocycles. The van der Waals surface area contributed by atoms with E-state index < -0.39 is 5.60 Å². The van der Waals surface area contributed by atoms with E-state index in [1.54, 1.807) is 6.20 Å². The van der Waals surface area contributed by atoms with Gasteiger partial charge in [-0.05, 0) is 19.4 Å². The molecule has 1 aliphatic heterocycles. The van der Waals surface area contributed by atoms with Crippen LogP contribution in [0.25, 0.3) is 0 Å². The lowest BCUT2D eigenvalue weighted by Gasteiger charge is -2.20.